The Kier molecular flexibility index (Phi) is 5.47. The van der Waals surface area contributed by atoms with Crippen LogP contribution in [0.4, 0.5) is 0 Å². The first-order chi connectivity index (χ1) is 14.2. The van der Waals surface area contributed by atoms with E-state index in [4.69, 9.17) is 0 Å². The normalized spacial score (nSPS) is 10.7. The third kappa shape index (κ3) is 4.41. The first-order valence-corrected chi connectivity index (χ1v) is 9.54. The van der Waals surface area contributed by atoms with E-state index in [0.717, 1.165) is 34.6 Å². The van der Waals surface area contributed by atoms with Crippen molar-refractivity contribution in [2.75, 3.05) is 0 Å². The molecular formula is C24H22N4O. The smallest absolute Gasteiger partial charge is 0.253 e. The van der Waals surface area contributed by atoms with Crippen LogP contribution in [0, 0.1) is 6.92 Å². The summed E-state index contributed by atoms with van der Waals surface area (Å²) < 4.78 is 2.01. The molecule has 0 saturated carbocycles. The number of hydrogen-bond donors (Lipinski definition) is 1. The minimum absolute atomic E-state index is 0.118. The summed E-state index contributed by atoms with van der Waals surface area (Å²) in [4.78, 5) is 21.5. The summed E-state index contributed by atoms with van der Waals surface area (Å²) in [5, 5.41) is 3.03. The number of hydrogen-bond acceptors (Lipinski definition) is 3. The highest BCUT2D eigenvalue weighted by Gasteiger charge is 2.12. The van der Waals surface area contributed by atoms with Crippen molar-refractivity contribution in [1.29, 1.82) is 0 Å². The number of imidazole rings is 1. The summed E-state index contributed by atoms with van der Waals surface area (Å²) in [7, 11) is 0. The van der Waals surface area contributed by atoms with E-state index in [1.54, 1.807) is 12.5 Å². The first-order valence-electron chi connectivity index (χ1n) is 9.54. The molecule has 0 saturated heterocycles. The maximum Gasteiger partial charge on any atom is 0.253 e. The summed E-state index contributed by atoms with van der Waals surface area (Å²) in [5.41, 5.74) is 5.45. The molecule has 2 aromatic carbocycles. The van der Waals surface area contributed by atoms with Gasteiger partial charge < -0.3 is 9.88 Å². The largest absolute Gasteiger partial charge is 0.348 e. The summed E-state index contributed by atoms with van der Waals surface area (Å²) >= 11 is 0. The molecule has 1 N–H and O–H groups in total. The number of nitrogens with one attached hydrogen (secondary N) is 1. The fourth-order valence-corrected chi connectivity index (χ4v) is 3.30. The lowest BCUT2D eigenvalue weighted by Crippen LogP contribution is -2.24. The van der Waals surface area contributed by atoms with Crippen LogP contribution >= 0.6 is 0 Å². The molecule has 1 amide bonds. The Morgan fingerprint density at radius 1 is 0.966 bits per heavy atom. The number of rotatable bonds is 6. The van der Waals surface area contributed by atoms with Crippen LogP contribution in [0.2, 0.25) is 0 Å². The van der Waals surface area contributed by atoms with Gasteiger partial charge in [0, 0.05) is 31.0 Å². The molecule has 0 spiro atoms. The monoisotopic (exact) mass is 382 g/mol. The third-order valence-electron chi connectivity index (χ3n) is 4.87. The molecule has 5 heteroatoms. The Bertz CT molecular complexity index is 1100. The van der Waals surface area contributed by atoms with Crippen LogP contribution in [0.15, 0.2) is 85.5 Å². The summed E-state index contributed by atoms with van der Waals surface area (Å²) in [6.45, 7) is 3.05. The van der Waals surface area contributed by atoms with Gasteiger partial charge >= 0.3 is 0 Å². The van der Waals surface area contributed by atoms with E-state index in [2.05, 4.69) is 21.4 Å². The lowest BCUT2D eigenvalue weighted by Gasteiger charge is -2.12. The Morgan fingerprint density at radius 2 is 1.72 bits per heavy atom. The van der Waals surface area contributed by atoms with Gasteiger partial charge in [-0.3, -0.25) is 9.78 Å². The average Bonchev–Trinajstić information content (AvgIpc) is 3.26. The molecule has 0 fully saturated rings. The standard InChI is InChI=1S/C24H22N4O/c1-18-22(11-12-23(27-18)19-7-3-2-4-8-19)24(29)26-15-20-9-5-6-10-21(20)16-28-14-13-25-17-28/h2-14,17H,15-16H2,1H3,(H,26,29). The van der Waals surface area contributed by atoms with Gasteiger partial charge in [-0.05, 0) is 30.2 Å². The minimum atomic E-state index is -0.118. The van der Waals surface area contributed by atoms with E-state index in [1.165, 1.54) is 0 Å². The lowest BCUT2D eigenvalue weighted by atomic mass is 10.1. The van der Waals surface area contributed by atoms with Crippen LogP contribution in [0.5, 0.6) is 0 Å². The number of amides is 1. The highest BCUT2D eigenvalue weighted by Crippen LogP contribution is 2.19. The van der Waals surface area contributed by atoms with E-state index in [-0.39, 0.29) is 5.91 Å². The fraction of sp³-hybridized carbons (Fsp3) is 0.125. The van der Waals surface area contributed by atoms with Gasteiger partial charge in [0.05, 0.1) is 23.3 Å². The maximum atomic E-state index is 12.7. The van der Waals surface area contributed by atoms with Gasteiger partial charge in [0.25, 0.3) is 5.91 Å². The van der Waals surface area contributed by atoms with E-state index < -0.39 is 0 Å². The second-order valence-electron chi connectivity index (χ2n) is 6.88. The van der Waals surface area contributed by atoms with Crippen LogP contribution < -0.4 is 5.32 Å². The second kappa shape index (κ2) is 8.52. The average molecular weight is 382 g/mol. The lowest BCUT2D eigenvalue weighted by molar-refractivity contribution is 0.0950. The minimum Gasteiger partial charge on any atom is -0.348 e. The number of aromatic nitrogens is 3. The van der Waals surface area contributed by atoms with Crippen molar-refractivity contribution in [3.05, 3.63) is 108 Å². The number of benzene rings is 2. The predicted molar refractivity (Wildman–Crippen MR) is 113 cm³/mol. The van der Waals surface area contributed by atoms with Crippen molar-refractivity contribution in [2.24, 2.45) is 0 Å². The van der Waals surface area contributed by atoms with Crippen molar-refractivity contribution >= 4 is 5.91 Å². The molecule has 0 atom stereocenters. The van der Waals surface area contributed by atoms with Crippen molar-refractivity contribution in [2.45, 2.75) is 20.0 Å². The van der Waals surface area contributed by atoms with Crippen LogP contribution in [0.25, 0.3) is 11.3 Å². The van der Waals surface area contributed by atoms with Gasteiger partial charge in [-0.15, -0.1) is 0 Å². The zero-order valence-corrected chi connectivity index (χ0v) is 16.2. The molecule has 144 valence electrons. The number of aryl methyl sites for hydroxylation is 1. The number of carbonyl (C=O) groups is 1. The molecule has 2 aromatic heterocycles. The van der Waals surface area contributed by atoms with Gasteiger partial charge in [0.2, 0.25) is 0 Å². The molecule has 0 aliphatic carbocycles. The Labute approximate surface area is 170 Å². The Hall–Kier alpha value is -3.73. The van der Waals surface area contributed by atoms with Gasteiger partial charge in [0.15, 0.2) is 0 Å². The summed E-state index contributed by atoms with van der Waals surface area (Å²) in [6.07, 6.45) is 5.48. The quantitative estimate of drug-likeness (QED) is 0.543. The van der Waals surface area contributed by atoms with Crippen molar-refractivity contribution < 1.29 is 4.79 Å². The molecule has 0 radical (unpaired) electrons. The van der Waals surface area contributed by atoms with Gasteiger partial charge in [-0.1, -0.05) is 54.6 Å². The van der Waals surface area contributed by atoms with E-state index >= 15 is 0 Å². The highest BCUT2D eigenvalue weighted by atomic mass is 16.1. The fourth-order valence-electron chi connectivity index (χ4n) is 3.30. The number of carbonyl (C=O) groups excluding carboxylic acids is 1. The Balaban J connectivity index is 1.47. The molecule has 0 unspecified atom stereocenters. The van der Waals surface area contributed by atoms with E-state index in [1.807, 2.05) is 78.4 Å². The zero-order chi connectivity index (χ0) is 20.1. The molecule has 4 rings (SSSR count). The Morgan fingerprint density at radius 3 is 2.45 bits per heavy atom. The summed E-state index contributed by atoms with van der Waals surface area (Å²) in [5.74, 6) is -0.118. The third-order valence-corrected chi connectivity index (χ3v) is 4.87. The van der Waals surface area contributed by atoms with Gasteiger partial charge in [0.1, 0.15) is 0 Å². The van der Waals surface area contributed by atoms with Crippen LogP contribution in [0.3, 0.4) is 0 Å². The molecular weight excluding hydrogens is 360 g/mol. The van der Waals surface area contributed by atoms with E-state index in [9.17, 15) is 4.79 Å². The van der Waals surface area contributed by atoms with Crippen molar-refractivity contribution in [3.63, 3.8) is 0 Å². The van der Waals surface area contributed by atoms with Gasteiger partial charge in [-0.25, -0.2) is 4.98 Å². The number of pyridine rings is 1. The van der Waals surface area contributed by atoms with Crippen LogP contribution in [-0.2, 0) is 13.1 Å². The maximum absolute atomic E-state index is 12.7. The molecule has 0 bridgehead atoms. The van der Waals surface area contributed by atoms with Crippen LogP contribution in [-0.4, -0.2) is 20.4 Å². The molecule has 4 aromatic rings. The van der Waals surface area contributed by atoms with Gasteiger partial charge in [-0.2, -0.15) is 0 Å². The summed E-state index contributed by atoms with van der Waals surface area (Å²) in [6, 6.07) is 21.8. The van der Waals surface area contributed by atoms with Crippen molar-refractivity contribution in [3.8, 4) is 11.3 Å². The number of nitrogens with zero attached hydrogens (tertiary/aromatic N) is 3. The SMILES string of the molecule is Cc1nc(-c2ccccc2)ccc1C(=O)NCc1ccccc1Cn1ccnc1. The second-order valence-corrected chi connectivity index (χ2v) is 6.88. The topological polar surface area (TPSA) is 59.8 Å². The first kappa shape index (κ1) is 18.6. The predicted octanol–water partition coefficient (Wildman–Crippen LogP) is 4.23. The molecule has 0 aliphatic heterocycles. The van der Waals surface area contributed by atoms with Crippen LogP contribution in [0.1, 0.15) is 27.2 Å². The van der Waals surface area contributed by atoms with E-state index in [0.29, 0.717) is 12.1 Å². The highest BCUT2D eigenvalue weighted by molar-refractivity contribution is 5.95. The molecule has 0 aliphatic rings. The molecule has 2 heterocycles. The molecule has 29 heavy (non-hydrogen) atoms. The molecule has 5 nitrogen and oxygen atoms in total. The van der Waals surface area contributed by atoms with Crippen molar-refractivity contribution in [1.82, 2.24) is 19.9 Å². The zero-order valence-electron chi connectivity index (χ0n) is 16.2.